The Labute approximate surface area is 90.5 Å². The maximum absolute atomic E-state index is 11.6. The van der Waals surface area contributed by atoms with Crippen LogP contribution in [0.3, 0.4) is 0 Å². The van der Waals surface area contributed by atoms with Gasteiger partial charge in [-0.25, -0.2) is 5.84 Å². The van der Waals surface area contributed by atoms with Gasteiger partial charge in [-0.2, -0.15) is 0 Å². The van der Waals surface area contributed by atoms with Gasteiger partial charge in [0.15, 0.2) is 0 Å². The van der Waals surface area contributed by atoms with E-state index in [-0.39, 0.29) is 11.9 Å². The van der Waals surface area contributed by atoms with Crippen LogP contribution >= 0.6 is 0 Å². The minimum absolute atomic E-state index is 0.0113. The predicted molar refractivity (Wildman–Crippen MR) is 58.8 cm³/mol. The third-order valence-corrected chi connectivity index (χ3v) is 3.39. The van der Waals surface area contributed by atoms with E-state index in [4.69, 9.17) is 5.84 Å². The van der Waals surface area contributed by atoms with Gasteiger partial charge in [0, 0.05) is 6.04 Å². The highest BCUT2D eigenvalue weighted by Crippen LogP contribution is 2.25. The van der Waals surface area contributed by atoms with E-state index in [0.717, 1.165) is 19.4 Å². The fourth-order valence-electron chi connectivity index (χ4n) is 2.63. The molecule has 1 amide bonds. The normalized spacial score (nSPS) is 31.8. The summed E-state index contributed by atoms with van der Waals surface area (Å²) in [7, 11) is 0. The monoisotopic (exact) mass is 209 g/mol. The fourth-order valence-corrected chi connectivity index (χ4v) is 2.63. The second-order valence-corrected chi connectivity index (χ2v) is 4.33. The molecule has 84 valence electrons. The lowest BCUT2D eigenvalue weighted by atomic mass is 10.0. The minimum atomic E-state index is -0.0357. The minimum Gasteiger partial charge on any atom is -0.293 e. The summed E-state index contributed by atoms with van der Waals surface area (Å²) in [6.07, 6.45) is 10.1. The first-order valence-electron chi connectivity index (χ1n) is 5.76. The number of amides is 1. The molecule has 1 unspecified atom stereocenters. The molecular formula is C11H19N3O. The molecule has 1 heterocycles. The summed E-state index contributed by atoms with van der Waals surface area (Å²) in [5.41, 5.74) is 2.27. The van der Waals surface area contributed by atoms with Crippen molar-refractivity contribution in [1.29, 1.82) is 0 Å². The second kappa shape index (κ2) is 4.77. The predicted octanol–water partition coefficient (Wildman–Crippen LogP) is 0.549. The van der Waals surface area contributed by atoms with Gasteiger partial charge in [-0.05, 0) is 38.6 Å². The van der Waals surface area contributed by atoms with Gasteiger partial charge >= 0.3 is 0 Å². The average molecular weight is 209 g/mol. The number of nitrogens with one attached hydrogen (secondary N) is 1. The number of hydrazine groups is 1. The number of hydrogen-bond donors (Lipinski definition) is 2. The van der Waals surface area contributed by atoms with Crippen molar-refractivity contribution in [2.45, 2.75) is 44.2 Å². The molecule has 1 saturated heterocycles. The van der Waals surface area contributed by atoms with Gasteiger partial charge in [0.05, 0.1) is 6.04 Å². The first kappa shape index (κ1) is 10.6. The lowest BCUT2D eigenvalue weighted by Gasteiger charge is -2.31. The van der Waals surface area contributed by atoms with E-state index in [1.807, 2.05) is 0 Å². The molecule has 1 aliphatic carbocycles. The van der Waals surface area contributed by atoms with Crippen LogP contribution in [0.15, 0.2) is 12.2 Å². The van der Waals surface area contributed by atoms with Gasteiger partial charge < -0.3 is 0 Å². The van der Waals surface area contributed by atoms with Crippen molar-refractivity contribution < 1.29 is 4.79 Å². The summed E-state index contributed by atoms with van der Waals surface area (Å²) in [5, 5.41) is 0. The Morgan fingerprint density at radius 1 is 1.40 bits per heavy atom. The van der Waals surface area contributed by atoms with Gasteiger partial charge in [0.25, 0.3) is 5.91 Å². The van der Waals surface area contributed by atoms with Crippen molar-refractivity contribution in [3.63, 3.8) is 0 Å². The van der Waals surface area contributed by atoms with E-state index < -0.39 is 0 Å². The summed E-state index contributed by atoms with van der Waals surface area (Å²) in [5.74, 6) is 5.16. The van der Waals surface area contributed by atoms with Crippen molar-refractivity contribution in [2.75, 3.05) is 6.54 Å². The van der Waals surface area contributed by atoms with E-state index in [1.165, 1.54) is 19.3 Å². The topological polar surface area (TPSA) is 58.4 Å². The zero-order chi connectivity index (χ0) is 10.7. The lowest BCUT2D eigenvalue weighted by molar-refractivity contribution is -0.126. The van der Waals surface area contributed by atoms with Gasteiger partial charge in [0.1, 0.15) is 0 Å². The number of allylic oxidation sites excluding steroid dienone is 1. The van der Waals surface area contributed by atoms with Crippen LogP contribution in [0.4, 0.5) is 0 Å². The molecule has 0 aromatic heterocycles. The molecule has 1 aliphatic heterocycles. The Bertz CT molecular complexity index is 265. The largest absolute Gasteiger partial charge is 0.293 e. The molecule has 2 aliphatic rings. The fraction of sp³-hybridized carbons (Fsp3) is 0.727. The molecule has 0 radical (unpaired) electrons. The molecular weight excluding hydrogens is 190 g/mol. The Kier molecular flexibility index (Phi) is 3.38. The van der Waals surface area contributed by atoms with Gasteiger partial charge in [-0.15, -0.1) is 0 Å². The maximum atomic E-state index is 11.6. The Balaban J connectivity index is 2.03. The van der Waals surface area contributed by atoms with Gasteiger partial charge in [-0.1, -0.05) is 12.2 Å². The highest BCUT2D eigenvalue weighted by molar-refractivity contribution is 5.81. The Morgan fingerprint density at radius 2 is 2.27 bits per heavy atom. The van der Waals surface area contributed by atoms with Crippen LogP contribution in [0.25, 0.3) is 0 Å². The summed E-state index contributed by atoms with van der Waals surface area (Å²) in [4.78, 5) is 13.9. The third kappa shape index (κ3) is 2.21. The van der Waals surface area contributed by atoms with E-state index in [2.05, 4.69) is 22.5 Å². The molecule has 0 aromatic rings. The highest BCUT2D eigenvalue weighted by Gasteiger charge is 2.34. The van der Waals surface area contributed by atoms with Gasteiger partial charge in [-0.3, -0.25) is 15.1 Å². The molecule has 0 aromatic carbocycles. The first-order valence-corrected chi connectivity index (χ1v) is 5.76. The van der Waals surface area contributed by atoms with E-state index >= 15 is 0 Å². The summed E-state index contributed by atoms with van der Waals surface area (Å²) < 4.78 is 0. The lowest BCUT2D eigenvalue weighted by Crippen LogP contribution is -2.49. The number of nitrogens with two attached hydrogens (primary N) is 1. The number of rotatable bonds is 2. The number of hydrogen-bond acceptors (Lipinski definition) is 3. The summed E-state index contributed by atoms with van der Waals surface area (Å²) in [6.45, 7) is 1.02. The second-order valence-electron chi connectivity index (χ2n) is 4.33. The van der Waals surface area contributed by atoms with Crippen LogP contribution in [0.5, 0.6) is 0 Å². The molecule has 2 atom stereocenters. The highest BCUT2D eigenvalue weighted by atomic mass is 16.2. The molecule has 4 nitrogen and oxygen atoms in total. The SMILES string of the molecule is NNC(=O)[C@@H]1CCCN1C1C=CCCC1. The van der Waals surface area contributed by atoms with E-state index in [9.17, 15) is 4.79 Å². The molecule has 2 rings (SSSR count). The Morgan fingerprint density at radius 3 is 2.93 bits per heavy atom. The quantitative estimate of drug-likeness (QED) is 0.302. The molecule has 15 heavy (non-hydrogen) atoms. The Hall–Kier alpha value is -0.870. The third-order valence-electron chi connectivity index (χ3n) is 3.39. The zero-order valence-electron chi connectivity index (χ0n) is 8.98. The molecule has 4 heteroatoms. The molecule has 0 bridgehead atoms. The number of carbonyl (C=O) groups is 1. The number of likely N-dealkylation sites (tertiary alicyclic amines) is 1. The van der Waals surface area contributed by atoms with Crippen molar-refractivity contribution in [2.24, 2.45) is 5.84 Å². The van der Waals surface area contributed by atoms with E-state index in [1.54, 1.807) is 0 Å². The van der Waals surface area contributed by atoms with Crippen molar-refractivity contribution in [3.8, 4) is 0 Å². The van der Waals surface area contributed by atoms with Crippen LogP contribution in [0.1, 0.15) is 32.1 Å². The average Bonchev–Trinajstić information content (AvgIpc) is 2.78. The van der Waals surface area contributed by atoms with Gasteiger partial charge in [0.2, 0.25) is 0 Å². The maximum Gasteiger partial charge on any atom is 0.251 e. The van der Waals surface area contributed by atoms with Crippen molar-refractivity contribution in [1.82, 2.24) is 10.3 Å². The molecule has 1 fully saturated rings. The zero-order valence-corrected chi connectivity index (χ0v) is 8.98. The van der Waals surface area contributed by atoms with Crippen molar-refractivity contribution >= 4 is 5.91 Å². The molecule has 0 saturated carbocycles. The number of carbonyl (C=O) groups excluding carboxylic acids is 1. The van der Waals surface area contributed by atoms with Crippen LogP contribution in [-0.4, -0.2) is 29.4 Å². The van der Waals surface area contributed by atoms with Crippen LogP contribution in [-0.2, 0) is 4.79 Å². The standard InChI is InChI=1S/C11H19N3O/c12-13-11(15)10-7-4-8-14(10)9-5-2-1-3-6-9/h2,5,9-10H,1,3-4,6-8,12H2,(H,13,15)/t9?,10-/m0/s1. The molecule has 3 N–H and O–H groups in total. The van der Waals surface area contributed by atoms with Crippen LogP contribution in [0.2, 0.25) is 0 Å². The van der Waals surface area contributed by atoms with E-state index in [0.29, 0.717) is 6.04 Å². The van der Waals surface area contributed by atoms with Crippen molar-refractivity contribution in [3.05, 3.63) is 12.2 Å². The number of nitrogens with zero attached hydrogens (tertiary/aromatic N) is 1. The smallest absolute Gasteiger partial charge is 0.251 e. The molecule has 0 spiro atoms. The van der Waals surface area contributed by atoms with Crippen LogP contribution in [0, 0.1) is 0 Å². The summed E-state index contributed by atoms with van der Waals surface area (Å²) >= 11 is 0. The van der Waals surface area contributed by atoms with Crippen LogP contribution < -0.4 is 11.3 Å². The first-order chi connectivity index (χ1) is 7.33. The summed E-state index contributed by atoms with van der Waals surface area (Å²) in [6, 6.07) is 0.436.